The number of hydrogen-bond acceptors (Lipinski definition) is 7. The Morgan fingerprint density at radius 2 is 1.72 bits per heavy atom. The number of thioether (sulfide) groups is 1. The molecule has 168 valence electrons. The average molecular weight is 471 g/mol. The molecule has 0 aliphatic carbocycles. The molecule has 9 heteroatoms. The van der Waals surface area contributed by atoms with Crippen LogP contribution in [0.25, 0.3) is 0 Å². The summed E-state index contributed by atoms with van der Waals surface area (Å²) in [6, 6.07) is 18.0. The molecular formula is C23H26N4O3S2. The Morgan fingerprint density at radius 3 is 2.41 bits per heavy atom. The van der Waals surface area contributed by atoms with Crippen LogP contribution in [0.15, 0.2) is 59.6 Å². The molecule has 5 rings (SSSR count). The van der Waals surface area contributed by atoms with Crippen molar-refractivity contribution in [3.05, 3.63) is 60.2 Å². The summed E-state index contributed by atoms with van der Waals surface area (Å²) in [5.41, 5.74) is 3.08. The van der Waals surface area contributed by atoms with Gasteiger partial charge in [-0.25, -0.2) is 8.42 Å². The first-order chi connectivity index (χ1) is 15.4. The molecule has 1 N–H and O–H groups in total. The van der Waals surface area contributed by atoms with Crippen LogP contribution in [-0.4, -0.2) is 73.4 Å². The number of piperazine rings is 1. The first-order valence-corrected chi connectivity index (χ1v) is 13.5. The quantitative estimate of drug-likeness (QED) is 0.738. The summed E-state index contributed by atoms with van der Waals surface area (Å²) < 4.78 is 23.4. The van der Waals surface area contributed by atoms with Crippen molar-refractivity contribution in [2.24, 2.45) is 4.99 Å². The summed E-state index contributed by atoms with van der Waals surface area (Å²) >= 11 is 1.51. The van der Waals surface area contributed by atoms with Crippen LogP contribution in [-0.2, 0) is 21.1 Å². The van der Waals surface area contributed by atoms with Crippen LogP contribution in [0.3, 0.4) is 0 Å². The van der Waals surface area contributed by atoms with E-state index in [2.05, 4.69) is 27.3 Å². The van der Waals surface area contributed by atoms with E-state index in [1.54, 1.807) is 0 Å². The normalized spacial score (nSPS) is 24.2. The topological polar surface area (TPSA) is 82.1 Å². The highest BCUT2D eigenvalue weighted by Crippen LogP contribution is 2.34. The summed E-state index contributed by atoms with van der Waals surface area (Å²) in [6.45, 7) is 3.17. The van der Waals surface area contributed by atoms with Crippen molar-refractivity contribution in [2.45, 2.75) is 17.7 Å². The molecule has 0 bridgehead atoms. The molecule has 3 aliphatic rings. The maximum Gasteiger partial charge on any atom is 0.227 e. The second kappa shape index (κ2) is 8.78. The van der Waals surface area contributed by atoms with Crippen LogP contribution in [0, 0.1) is 0 Å². The summed E-state index contributed by atoms with van der Waals surface area (Å²) in [7, 11) is -2.94. The molecule has 1 amide bonds. The third-order valence-electron chi connectivity index (χ3n) is 6.13. The Kier molecular flexibility index (Phi) is 5.86. The predicted octanol–water partition coefficient (Wildman–Crippen LogP) is 2.26. The van der Waals surface area contributed by atoms with Crippen molar-refractivity contribution in [3.8, 4) is 0 Å². The van der Waals surface area contributed by atoms with Crippen LogP contribution in [0.5, 0.6) is 0 Å². The summed E-state index contributed by atoms with van der Waals surface area (Å²) in [5.74, 6) is 0.511. The van der Waals surface area contributed by atoms with E-state index in [4.69, 9.17) is 0 Å². The van der Waals surface area contributed by atoms with Gasteiger partial charge in [0, 0.05) is 42.8 Å². The largest absolute Gasteiger partial charge is 0.368 e. The number of rotatable bonds is 4. The van der Waals surface area contributed by atoms with E-state index in [-0.39, 0.29) is 28.7 Å². The van der Waals surface area contributed by atoms with Gasteiger partial charge in [-0.05, 0) is 29.8 Å². The minimum Gasteiger partial charge on any atom is -0.368 e. The number of aliphatic imine (C=N–C) groups is 1. The Labute approximate surface area is 192 Å². The first-order valence-electron chi connectivity index (χ1n) is 10.8. The van der Waals surface area contributed by atoms with Crippen LogP contribution < -0.4 is 10.2 Å². The van der Waals surface area contributed by atoms with E-state index in [0.29, 0.717) is 6.42 Å². The van der Waals surface area contributed by atoms with Crippen molar-refractivity contribution in [2.75, 3.05) is 47.9 Å². The van der Waals surface area contributed by atoms with Crippen LogP contribution >= 0.6 is 11.8 Å². The Bertz CT molecular complexity index is 1110. The lowest BCUT2D eigenvalue weighted by Crippen LogP contribution is -2.49. The maximum atomic E-state index is 12.8. The molecule has 2 fully saturated rings. The smallest absolute Gasteiger partial charge is 0.227 e. The van der Waals surface area contributed by atoms with E-state index in [1.165, 1.54) is 17.4 Å². The number of fused-ring (bicyclic) bond motifs is 1. The number of amidine groups is 1. The number of nitrogens with one attached hydrogen (secondary N) is 1. The summed E-state index contributed by atoms with van der Waals surface area (Å²) in [5, 5.41) is 4.08. The number of para-hydroxylation sites is 1. The number of anilines is 2. The molecule has 0 spiro atoms. The van der Waals surface area contributed by atoms with Gasteiger partial charge in [0.05, 0.1) is 24.0 Å². The number of amides is 1. The fourth-order valence-corrected chi connectivity index (χ4v) is 8.06. The molecule has 2 aromatic rings. The molecule has 0 radical (unpaired) electrons. The van der Waals surface area contributed by atoms with E-state index in [9.17, 15) is 13.2 Å². The van der Waals surface area contributed by atoms with E-state index in [1.807, 2.05) is 47.4 Å². The molecule has 3 aliphatic heterocycles. The average Bonchev–Trinajstić information content (AvgIpc) is 3.28. The highest BCUT2D eigenvalue weighted by atomic mass is 32.2. The minimum absolute atomic E-state index is 0.0294. The van der Waals surface area contributed by atoms with Gasteiger partial charge in [0.15, 0.2) is 15.0 Å². The van der Waals surface area contributed by atoms with Gasteiger partial charge in [0.25, 0.3) is 0 Å². The zero-order valence-electron chi connectivity index (χ0n) is 17.7. The van der Waals surface area contributed by atoms with Gasteiger partial charge in [-0.1, -0.05) is 42.1 Å². The number of nitrogens with zero attached hydrogens (tertiary/aromatic N) is 3. The molecule has 3 heterocycles. The molecule has 7 nitrogen and oxygen atoms in total. The molecular weight excluding hydrogens is 444 g/mol. The van der Waals surface area contributed by atoms with E-state index in [0.717, 1.165) is 42.6 Å². The lowest BCUT2D eigenvalue weighted by atomic mass is 10.1. The van der Waals surface area contributed by atoms with Crippen molar-refractivity contribution >= 4 is 44.0 Å². The molecule has 2 saturated heterocycles. The fourth-order valence-electron chi connectivity index (χ4n) is 4.38. The number of carbonyl (C=O) groups is 1. The van der Waals surface area contributed by atoms with Crippen molar-refractivity contribution in [1.29, 1.82) is 0 Å². The number of sulfone groups is 1. The predicted molar refractivity (Wildman–Crippen MR) is 130 cm³/mol. The third kappa shape index (κ3) is 4.78. The van der Waals surface area contributed by atoms with Crippen molar-refractivity contribution < 1.29 is 13.2 Å². The molecule has 0 aromatic heterocycles. The Hall–Kier alpha value is -2.52. The number of carbonyl (C=O) groups excluding carboxylic acids is 1. The number of benzene rings is 2. The zero-order valence-corrected chi connectivity index (χ0v) is 19.3. The monoisotopic (exact) mass is 470 g/mol. The molecule has 0 unspecified atom stereocenters. The van der Waals surface area contributed by atoms with Gasteiger partial charge < -0.3 is 15.1 Å². The van der Waals surface area contributed by atoms with Crippen LogP contribution in [0.4, 0.5) is 11.4 Å². The second-order valence-electron chi connectivity index (χ2n) is 8.44. The Balaban J connectivity index is 1.12. The van der Waals surface area contributed by atoms with Crippen molar-refractivity contribution in [3.63, 3.8) is 0 Å². The summed E-state index contributed by atoms with van der Waals surface area (Å²) in [4.78, 5) is 21.5. The zero-order chi connectivity index (χ0) is 22.1. The molecule has 2 atom stereocenters. The fraction of sp³-hybridized carbons (Fsp3) is 0.391. The molecule has 32 heavy (non-hydrogen) atoms. The maximum absolute atomic E-state index is 12.8. The van der Waals surface area contributed by atoms with E-state index >= 15 is 0 Å². The van der Waals surface area contributed by atoms with Gasteiger partial charge in [-0.2, -0.15) is 0 Å². The van der Waals surface area contributed by atoms with E-state index < -0.39 is 9.84 Å². The number of hydrogen-bond donors (Lipinski definition) is 1. The summed E-state index contributed by atoms with van der Waals surface area (Å²) in [6.07, 6.45) is 0.392. The third-order valence-corrected chi connectivity index (χ3v) is 9.27. The standard InChI is InChI=1S/C23H26N4O3S2/c28-22(27-12-10-26(11-13-27)19-4-2-1-3-5-19)14-17-6-8-18(9-7-17)24-23-25-20-15-32(29,30)16-21(20)31-23/h1-9,20-21H,10-16H2,(H,24,25)/t20-,21+/m1/s1. The Morgan fingerprint density at radius 1 is 1.00 bits per heavy atom. The SMILES string of the molecule is O=C(Cc1ccc(NC2=N[C@@H]3CS(=O)(=O)C[C@@H]3S2)cc1)N1CCN(c2ccccc2)CC1. The first kappa shape index (κ1) is 21.3. The highest BCUT2D eigenvalue weighted by molar-refractivity contribution is 8.15. The lowest BCUT2D eigenvalue weighted by Gasteiger charge is -2.36. The van der Waals surface area contributed by atoms with Gasteiger partial charge in [0.2, 0.25) is 5.91 Å². The van der Waals surface area contributed by atoms with Gasteiger partial charge in [-0.15, -0.1) is 0 Å². The van der Waals surface area contributed by atoms with Gasteiger partial charge in [-0.3, -0.25) is 9.79 Å². The second-order valence-corrected chi connectivity index (χ2v) is 11.8. The van der Waals surface area contributed by atoms with Crippen LogP contribution in [0.1, 0.15) is 5.56 Å². The molecule has 2 aromatic carbocycles. The highest BCUT2D eigenvalue weighted by Gasteiger charge is 2.42. The lowest BCUT2D eigenvalue weighted by molar-refractivity contribution is -0.130. The van der Waals surface area contributed by atoms with Gasteiger partial charge >= 0.3 is 0 Å². The van der Waals surface area contributed by atoms with Gasteiger partial charge in [0.1, 0.15) is 0 Å². The van der Waals surface area contributed by atoms with Crippen LogP contribution in [0.2, 0.25) is 0 Å². The minimum atomic E-state index is -2.94. The molecule has 0 saturated carbocycles. The van der Waals surface area contributed by atoms with Crippen molar-refractivity contribution in [1.82, 2.24) is 4.90 Å².